The molecule has 0 rings (SSSR count). The molecule has 0 aliphatic carbocycles. The molecule has 0 unspecified atom stereocenters. The maximum atomic E-state index is 13.7. The first-order valence-electron chi connectivity index (χ1n) is 4.35. The van der Waals surface area contributed by atoms with Gasteiger partial charge in [0.05, 0.1) is 6.42 Å². The van der Waals surface area contributed by atoms with E-state index in [4.69, 9.17) is 0 Å². The number of halogens is 14. The summed E-state index contributed by atoms with van der Waals surface area (Å²) in [6.07, 6.45) is -2.80. The van der Waals surface area contributed by atoms with Gasteiger partial charge in [-0.05, 0) is 59.4 Å². The largest absolute Gasteiger partial charge is 0.371 e. The molecule has 0 saturated carbocycles. The quantitative estimate of drug-likeness (QED) is 0.243. The van der Waals surface area contributed by atoms with Crippen molar-refractivity contribution >= 4 is 71.0 Å². The Morgan fingerprint density at radius 3 is 1.29 bits per heavy atom. The van der Waals surface area contributed by atoms with Crippen LogP contribution in [0.4, 0.5) is 39.5 Å². The third-order valence-corrected chi connectivity index (χ3v) is 5.19. The van der Waals surface area contributed by atoms with E-state index in [1.165, 1.54) is 31.9 Å². The van der Waals surface area contributed by atoms with E-state index in [0.717, 1.165) is 0 Å². The molecular weight excluding hydrogens is 566 g/mol. The van der Waals surface area contributed by atoms with Crippen LogP contribution >= 0.6 is 71.0 Å². The van der Waals surface area contributed by atoms with Crippen LogP contribution in [-0.2, 0) is 0 Å². The highest BCUT2D eigenvalue weighted by Crippen LogP contribution is 2.61. The normalized spacial score (nSPS) is 23.1. The highest BCUT2D eigenvalue weighted by molar-refractivity contribution is 9.10. The first-order chi connectivity index (χ1) is 8.71. The summed E-state index contributed by atoms with van der Waals surface area (Å²) in [5.74, 6) is -10.9. The predicted octanol–water partition coefficient (Wildman–Crippen LogP) is 6.86. The molecule has 21 heavy (non-hydrogen) atoms. The van der Waals surface area contributed by atoms with Crippen molar-refractivity contribution in [3.05, 3.63) is 0 Å². The molecule has 0 aliphatic heterocycles. The lowest BCUT2D eigenvalue weighted by Gasteiger charge is -2.39. The van der Waals surface area contributed by atoms with Crippen molar-refractivity contribution in [1.82, 2.24) is 0 Å². The molecule has 0 aromatic carbocycles. The Morgan fingerprint density at radius 2 is 1.05 bits per heavy atom. The van der Waals surface area contributed by atoms with Crippen LogP contribution < -0.4 is 0 Å². The number of rotatable bonds is 6. The molecular formula is C7H2Br3Cl2F9. The molecule has 0 nitrogen and oxygen atoms in total. The average molecular weight is 568 g/mol. The lowest BCUT2D eigenvalue weighted by molar-refractivity contribution is -0.218. The van der Waals surface area contributed by atoms with Gasteiger partial charge in [-0.2, -0.15) is 17.6 Å². The zero-order valence-electron chi connectivity index (χ0n) is 9.00. The Bertz CT molecular complexity index is 388. The van der Waals surface area contributed by atoms with Gasteiger partial charge in [0.2, 0.25) is 4.58 Å². The number of alkyl halides is 14. The van der Waals surface area contributed by atoms with Gasteiger partial charge in [0.15, 0.2) is 0 Å². The highest BCUT2D eigenvalue weighted by Gasteiger charge is 2.78. The van der Waals surface area contributed by atoms with Gasteiger partial charge in [0.1, 0.15) is 0 Å². The maximum Gasteiger partial charge on any atom is 0.371 e. The molecule has 0 amide bonds. The lowest BCUT2D eigenvalue weighted by atomic mass is 10.0. The molecule has 0 saturated heterocycles. The van der Waals surface area contributed by atoms with Gasteiger partial charge in [0.25, 0.3) is 0 Å². The van der Waals surface area contributed by atoms with Gasteiger partial charge >= 0.3 is 25.8 Å². The monoisotopic (exact) mass is 564 g/mol. The summed E-state index contributed by atoms with van der Waals surface area (Å²) in [7, 11) is 0. The average Bonchev–Trinajstić information content (AvgIpc) is 2.11. The molecule has 128 valence electrons. The maximum absolute atomic E-state index is 13.7. The van der Waals surface area contributed by atoms with Crippen LogP contribution in [0.3, 0.4) is 0 Å². The summed E-state index contributed by atoms with van der Waals surface area (Å²) in [5.41, 5.74) is 0. The summed E-state index contributed by atoms with van der Waals surface area (Å²) < 4.78 is 104. The minimum atomic E-state index is -5.86. The zero-order valence-corrected chi connectivity index (χ0v) is 15.3. The zero-order chi connectivity index (χ0) is 17.7. The molecule has 0 aliphatic rings. The van der Waals surface area contributed by atoms with Crippen LogP contribution in [0.1, 0.15) is 6.42 Å². The molecule has 14 heteroatoms. The fourth-order valence-corrected chi connectivity index (χ4v) is 2.43. The Morgan fingerprint density at radius 1 is 0.714 bits per heavy atom. The predicted molar refractivity (Wildman–Crippen MR) is 69.5 cm³/mol. The lowest BCUT2D eigenvalue weighted by Crippen LogP contribution is -2.60. The van der Waals surface area contributed by atoms with Gasteiger partial charge < -0.3 is 0 Å². The van der Waals surface area contributed by atoms with E-state index in [9.17, 15) is 39.5 Å². The topological polar surface area (TPSA) is 0 Å². The molecule has 0 N–H and O–H groups in total. The number of hydrogen-bond donors (Lipinski definition) is 0. The second kappa shape index (κ2) is 6.03. The van der Waals surface area contributed by atoms with E-state index in [1.807, 2.05) is 0 Å². The molecule has 0 bridgehead atoms. The van der Waals surface area contributed by atoms with E-state index in [1.54, 1.807) is 15.9 Å². The molecule has 0 fully saturated rings. The minimum Gasteiger partial charge on any atom is -0.224 e. The smallest absolute Gasteiger partial charge is 0.224 e. The van der Waals surface area contributed by atoms with E-state index in [-0.39, 0.29) is 0 Å². The van der Waals surface area contributed by atoms with Crippen LogP contribution in [0.15, 0.2) is 0 Å². The van der Waals surface area contributed by atoms with Gasteiger partial charge in [0, 0.05) is 0 Å². The van der Waals surface area contributed by atoms with E-state index in [2.05, 4.69) is 23.2 Å². The summed E-state index contributed by atoms with van der Waals surface area (Å²) in [4.78, 5) is 0. The van der Waals surface area contributed by atoms with Gasteiger partial charge in [-0.25, -0.2) is 22.0 Å². The van der Waals surface area contributed by atoms with Crippen molar-refractivity contribution in [3.63, 3.8) is 0 Å². The molecule has 0 radical (unpaired) electrons. The minimum absolute atomic E-state index is 1.17. The Labute approximate surface area is 147 Å². The molecule has 3 atom stereocenters. The summed E-state index contributed by atoms with van der Waals surface area (Å²) >= 11 is 12.6. The molecule has 0 heterocycles. The molecule has 0 spiro atoms. The van der Waals surface area contributed by atoms with Crippen LogP contribution in [0.2, 0.25) is 0 Å². The fraction of sp³-hybridized carbons (Fsp3) is 1.00. The van der Waals surface area contributed by atoms with Crippen molar-refractivity contribution in [2.45, 2.75) is 36.8 Å². The Balaban J connectivity index is 5.71. The van der Waals surface area contributed by atoms with Crippen molar-refractivity contribution in [2.75, 3.05) is 0 Å². The second-order valence-corrected chi connectivity index (χ2v) is 8.62. The Hall–Kier alpha value is 1.39. The van der Waals surface area contributed by atoms with Crippen LogP contribution in [0.25, 0.3) is 0 Å². The van der Waals surface area contributed by atoms with Crippen LogP contribution in [0.5, 0.6) is 0 Å². The van der Waals surface area contributed by atoms with Crippen molar-refractivity contribution in [2.24, 2.45) is 0 Å². The summed E-state index contributed by atoms with van der Waals surface area (Å²) in [5, 5.41) is -5.39. The highest BCUT2D eigenvalue weighted by atomic mass is 79.9. The van der Waals surface area contributed by atoms with E-state index in [0.29, 0.717) is 0 Å². The first-order valence-corrected chi connectivity index (χ1v) is 7.49. The van der Waals surface area contributed by atoms with Crippen molar-refractivity contribution < 1.29 is 39.5 Å². The van der Waals surface area contributed by atoms with Crippen molar-refractivity contribution in [3.8, 4) is 0 Å². The second-order valence-electron chi connectivity index (χ2n) is 3.73. The third kappa shape index (κ3) is 4.27. The third-order valence-electron chi connectivity index (χ3n) is 2.07. The summed E-state index contributed by atoms with van der Waals surface area (Å²) in [6.45, 7) is 0. The molecule has 0 aromatic heterocycles. The van der Waals surface area contributed by atoms with Gasteiger partial charge in [-0.15, -0.1) is 0 Å². The SMILES string of the molecule is FC(F)(Cl)[C@](F)(Br)C(F)(F)[C@](F)(Br)CC(F)(F)[C@](F)(Cl)Br. The first kappa shape index (κ1) is 22.4. The molecule has 0 aromatic rings. The van der Waals surface area contributed by atoms with Crippen LogP contribution in [-0.4, -0.2) is 30.4 Å². The standard InChI is InChI=1S/C7H2Br3Cl2F9/c8-2(13,1-3(14,15)6(10,11)19)5(17,18)4(9,16)7(12,20)21/h1H2/t2-,4-,6+/m0/s1. The number of hydrogen-bond acceptors (Lipinski definition) is 0. The van der Waals surface area contributed by atoms with E-state index >= 15 is 0 Å². The van der Waals surface area contributed by atoms with Crippen LogP contribution in [0, 0.1) is 0 Å². The fourth-order valence-electron chi connectivity index (χ4n) is 0.898. The van der Waals surface area contributed by atoms with Gasteiger partial charge in [-0.3, -0.25) is 0 Å². The van der Waals surface area contributed by atoms with Crippen molar-refractivity contribution in [1.29, 1.82) is 0 Å². The van der Waals surface area contributed by atoms with Gasteiger partial charge in [-0.1, -0.05) is 11.6 Å². The van der Waals surface area contributed by atoms with E-state index < -0.39 is 36.8 Å². The Kier molecular flexibility index (Phi) is 6.43. The summed E-state index contributed by atoms with van der Waals surface area (Å²) in [6, 6.07) is 0.